The molecule has 0 bridgehead atoms. The number of nitrogens with zero attached hydrogens (tertiary/aromatic N) is 1. The van der Waals surface area contributed by atoms with Crippen LogP contribution in [-0.2, 0) is 14.3 Å². The van der Waals surface area contributed by atoms with Gasteiger partial charge in [0.1, 0.15) is 5.75 Å². The molecule has 1 aromatic heterocycles. The maximum atomic E-state index is 12.3. The number of rotatable bonds is 5. The Labute approximate surface area is 128 Å². The van der Waals surface area contributed by atoms with Crippen LogP contribution in [0.2, 0.25) is 0 Å². The molecule has 0 aliphatic rings. The maximum absolute atomic E-state index is 12.3. The van der Waals surface area contributed by atoms with E-state index in [9.17, 15) is 9.59 Å². The molecule has 1 aromatic carbocycles. The van der Waals surface area contributed by atoms with E-state index in [0.29, 0.717) is 11.4 Å². The highest BCUT2D eigenvalue weighted by Gasteiger charge is 2.29. The van der Waals surface area contributed by atoms with E-state index in [1.807, 2.05) is 6.07 Å². The Morgan fingerprint density at radius 1 is 0.955 bits per heavy atom. The van der Waals surface area contributed by atoms with Crippen LogP contribution in [0, 0.1) is 5.92 Å². The van der Waals surface area contributed by atoms with Crippen LogP contribution in [0.15, 0.2) is 54.7 Å². The first-order chi connectivity index (χ1) is 10.6. The van der Waals surface area contributed by atoms with Crippen molar-refractivity contribution in [1.82, 2.24) is 4.98 Å². The largest absolute Gasteiger partial charge is 0.443 e. The third-order valence-corrected chi connectivity index (χ3v) is 2.84. The number of benzene rings is 1. The van der Waals surface area contributed by atoms with Gasteiger partial charge in [-0.2, -0.15) is 0 Å². The molecule has 114 valence electrons. The number of ether oxygens (including phenoxy) is 2. The molecule has 2 rings (SSSR count). The highest BCUT2D eigenvalue weighted by Crippen LogP contribution is 2.20. The summed E-state index contributed by atoms with van der Waals surface area (Å²) in [4.78, 5) is 28.2. The molecule has 22 heavy (non-hydrogen) atoms. The SMILES string of the molecule is CC(C)C(=O)OC(C(=O)Oc1ccccc1)c1ccccn1. The molecule has 5 nitrogen and oxygen atoms in total. The highest BCUT2D eigenvalue weighted by atomic mass is 16.6. The molecule has 0 fully saturated rings. The minimum Gasteiger partial charge on any atom is -0.443 e. The van der Waals surface area contributed by atoms with Crippen molar-refractivity contribution in [3.63, 3.8) is 0 Å². The van der Waals surface area contributed by atoms with Crippen LogP contribution < -0.4 is 4.74 Å². The number of pyridine rings is 1. The van der Waals surface area contributed by atoms with Gasteiger partial charge in [-0.25, -0.2) is 4.79 Å². The van der Waals surface area contributed by atoms with E-state index in [4.69, 9.17) is 9.47 Å². The number of aromatic nitrogens is 1. The molecule has 0 aliphatic heterocycles. The molecule has 0 aliphatic carbocycles. The number of para-hydroxylation sites is 1. The van der Waals surface area contributed by atoms with Crippen LogP contribution in [0.3, 0.4) is 0 Å². The molecule has 0 amide bonds. The zero-order chi connectivity index (χ0) is 15.9. The van der Waals surface area contributed by atoms with Gasteiger partial charge in [0, 0.05) is 6.20 Å². The molecule has 0 radical (unpaired) electrons. The van der Waals surface area contributed by atoms with E-state index in [2.05, 4.69) is 4.98 Å². The van der Waals surface area contributed by atoms with Crippen LogP contribution in [0.25, 0.3) is 0 Å². The standard InChI is InChI=1S/C17H17NO4/c1-12(2)16(19)22-15(14-10-6-7-11-18-14)17(20)21-13-8-4-3-5-9-13/h3-12,15H,1-2H3. The summed E-state index contributed by atoms with van der Waals surface area (Å²) in [5.74, 6) is -1.13. The number of esters is 2. The monoisotopic (exact) mass is 299 g/mol. The molecular formula is C17H17NO4. The van der Waals surface area contributed by atoms with E-state index in [-0.39, 0.29) is 5.92 Å². The summed E-state index contributed by atoms with van der Waals surface area (Å²) < 4.78 is 10.5. The zero-order valence-electron chi connectivity index (χ0n) is 12.4. The van der Waals surface area contributed by atoms with Gasteiger partial charge >= 0.3 is 11.9 Å². The van der Waals surface area contributed by atoms with Gasteiger partial charge in [0.05, 0.1) is 11.6 Å². The lowest BCUT2D eigenvalue weighted by atomic mass is 10.2. The van der Waals surface area contributed by atoms with Crippen LogP contribution in [0.5, 0.6) is 5.75 Å². The van der Waals surface area contributed by atoms with E-state index in [1.54, 1.807) is 56.3 Å². The molecular weight excluding hydrogens is 282 g/mol. The van der Waals surface area contributed by atoms with Crippen molar-refractivity contribution in [2.24, 2.45) is 5.92 Å². The van der Waals surface area contributed by atoms with Gasteiger partial charge in [-0.05, 0) is 24.3 Å². The van der Waals surface area contributed by atoms with E-state index >= 15 is 0 Å². The number of hydrogen-bond donors (Lipinski definition) is 0. The van der Waals surface area contributed by atoms with Gasteiger partial charge in [0.2, 0.25) is 6.10 Å². The fourth-order valence-electron chi connectivity index (χ4n) is 1.67. The highest BCUT2D eigenvalue weighted by molar-refractivity contribution is 5.82. The Hall–Kier alpha value is -2.69. The average molecular weight is 299 g/mol. The van der Waals surface area contributed by atoms with Crippen molar-refractivity contribution in [3.05, 3.63) is 60.4 Å². The van der Waals surface area contributed by atoms with Crippen molar-refractivity contribution in [2.45, 2.75) is 20.0 Å². The van der Waals surface area contributed by atoms with Crippen molar-refractivity contribution < 1.29 is 19.1 Å². The lowest BCUT2D eigenvalue weighted by molar-refractivity contribution is -0.165. The summed E-state index contributed by atoms with van der Waals surface area (Å²) in [6.07, 6.45) is 0.345. The van der Waals surface area contributed by atoms with Crippen LogP contribution in [0.4, 0.5) is 0 Å². The summed E-state index contributed by atoms with van der Waals surface area (Å²) in [5.41, 5.74) is 0.331. The second-order valence-corrected chi connectivity index (χ2v) is 4.96. The molecule has 1 unspecified atom stereocenters. The predicted molar refractivity (Wildman–Crippen MR) is 80.0 cm³/mol. The van der Waals surface area contributed by atoms with Crippen molar-refractivity contribution in [3.8, 4) is 5.75 Å². The third kappa shape index (κ3) is 4.15. The number of carbonyl (C=O) groups excluding carboxylic acids is 2. The molecule has 2 aromatic rings. The first-order valence-electron chi connectivity index (χ1n) is 6.96. The van der Waals surface area contributed by atoms with Gasteiger partial charge in [0.25, 0.3) is 0 Å². The minimum absolute atomic E-state index is 0.331. The Bertz CT molecular complexity index is 626. The average Bonchev–Trinajstić information content (AvgIpc) is 2.54. The molecule has 0 saturated carbocycles. The first-order valence-corrected chi connectivity index (χ1v) is 6.96. The lowest BCUT2D eigenvalue weighted by Gasteiger charge is -2.17. The Kier molecular flexibility index (Phi) is 5.25. The third-order valence-electron chi connectivity index (χ3n) is 2.84. The van der Waals surface area contributed by atoms with Crippen LogP contribution in [0.1, 0.15) is 25.6 Å². The zero-order valence-corrected chi connectivity index (χ0v) is 12.4. The lowest BCUT2D eigenvalue weighted by Crippen LogP contribution is -2.26. The van der Waals surface area contributed by atoms with Gasteiger partial charge in [0.15, 0.2) is 0 Å². The predicted octanol–water partition coefficient (Wildman–Crippen LogP) is 2.93. The molecule has 5 heteroatoms. The summed E-state index contributed by atoms with van der Waals surface area (Å²) in [6.45, 7) is 3.39. The summed E-state index contributed by atoms with van der Waals surface area (Å²) in [7, 11) is 0. The Morgan fingerprint density at radius 2 is 1.64 bits per heavy atom. The van der Waals surface area contributed by atoms with Crippen molar-refractivity contribution >= 4 is 11.9 Å². The van der Waals surface area contributed by atoms with Crippen molar-refractivity contribution in [2.75, 3.05) is 0 Å². The smallest absolute Gasteiger partial charge is 0.359 e. The Balaban J connectivity index is 2.20. The van der Waals surface area contributed by atoms with E-state index in [0.717, 1.165) is 0 Å². The second kappa shape index (κ2) is 7.36. The summed E-state index contributed by atoms with van der Waals surface area (Å²) >= 11 is 0. The van der Waals surface area contributed by atoms with Crippen molar-refractivity contribution in [1.29, 1.82) is 0 Å². The summed E-state index contributed by atoms with van der Waals surface area (Å²) in [5, 5.41) is 0. The molecule has 1 atom stereocenters. The van der Waals surface area contributed by atoms with E-state index in [1.165, 1.54) is 6.20 Å². The van der Waals surface area contributed by atoms with Gasteiger partial charge in [-0.3, -0.25) is 9.78 Å². The second-order valence-electron chi connectivity index (χ2n) is 4.96. The molecule has 1 heterocycles. The van der Waals surface area contributed by atoms with Gasteiger partial charge in [-0.1, -0.05) is 38.1 Å². The quantitative estimate of drug-likeness (QED) is 0.627. The molecule has 0 saturated heterocycles. The number of hydrogen-bond acceptors (Lipinski definition) is 5. The number of carbonyl (C=O) groups is 2. The van der Waals surface area contributed by atoms with Gasteiger partial charge < -0.3 is 9.47 Å². The first kappa shape index (κ1) is 15.7. The summed E-state index contributed by atoms with van der Waals surface area (Å²) in [6, 6.07) is 13.7. The normalized spacial score (nSPS) is 11.8. The topological polar surface area (TPSA) is 65.5 Å². The van der Waals surface area contributed by atoms with Crippen LogP contribution in [-0.4, -0.2) is 16.9 Å². The fourth-order valence-corrected chi connectivity index (χ4v) is 1.67. The Morgan fingerprint density at radius 3 is 2.23 bits per heavy atom. The minimum atomic E-state index is -1.18. The van der Waals surface area contributed by atoms with Gasteiger partial charge in [-0.15, -0.1) is 0 Å². The fraction of sp³-hybridized carbons (Fsp3) is 0.235. The van der Waals surface area contributed by atoms with E-state index < -0.39 is 18.0 Å². The maximum Gasteiger partial charge on any atom is 0.359 e. The molecule has 0 spiro atoms. The molecule has 0 N–H and O–H groups in total. The van der Waals surface area contributed by atoms with Crippen LogP contribution >= 0.6 is 0 Å².